The summed E-state index contributed by atoms with van der Waals surface area (Å²) in [5, 5.41) is 1.17. The first-order valence-electron chi connectivity index (χ1n) is 6.65. The largest absolute Gasteiger partial charge is 0.326 e. The quantitative estimate of drug-likeness (QED) is 0.837. The van der Waals surface area contributed by atoms with E-state index in [0.29, 0.717) is 6.54 Å². The van der Waals surface area contributed by atoms with Crippen molar-refractivity contribution in [1.29, 1.82) is 0 Å². The molecule has 1 aromatic heterocycles. The zero-order valence-corrected chi connectivity index (χ0v) is 11.3. The molecule has 0 spiro atoms. The number of fused-ring (bicyclic) bond motifs is 1. The molecule has 3 rings (SSSR count). The van der Waals surface area contributed by atoms with E-state index in [9.17, 15) is 0 Å². The van der Waals surface area contributed by atoms with E-state index in [1.165, 1.54) is 52.4 Å². The van der Waals surface area contributed by atoms with E-state index in [2.05, 4.69) is 24.3 Å². The molecule has 94 valence electrons. The van der Waals surface area contributed by atoms with E-state index in [-0.39, 0.29) is 0 Å². The lowest BCUT2D eigenvalue weighted by Gasteiger charge is -1.99. The average molecular weight is 258 g/mol. The third-order valence-electron chi connectivity index (χ3n) is 3.53. The molecule has 0 fully saturated rings. The zero-order chi connectivity index (χ0) is 12.4. The van der Waals surface area contributed by atoms with Crippen LogP contribution in [0.3, 0.4) is 0 Å². The van der Waals surface area contributed by atoms with Gasteiger partial charge in [-0.3, -0.25) is 0 Å². The first-order chi connectivity index (χ1) is 8.86. The van der Waals surface area contributed by atoms with Crippen molar-refractivity contribution in [3.63, 3.8) is 0 Å². The number of aryl methyl sites for hydroxylation is 2. The van der Waals surface area contributed by atoms with Crippen LogP contribution < -0.4 is 5.73 Å². The summed E-state index contributed by atoms with van der Waals surface area (Å²) in [6, 6.07) is 8.48. The molecule has 0 radical (unpaired) electrons. The SMILES string of the molecule is NCc1ccc(-c2nc3c(s2)CCCCC3)cc1. The normalized spacial score (nSPS) is 15.2. The molecule has 1 aliphatic carbocycles. The fourth-order valence-electron chi connectivity index (χ4n) is 2.44. The van der Waals surface area contributed by atoms with Crippen molar-refractivity contribution < 1.29 is 0 Å². The zero-order valence-electron chi connectivity index (χ0n) is 10.5. The van der Waals surface area contributed by atoms with E-state index >= 15 is 0 Å². The van der Waals surface area contributed by atoms with Gasteiger partial charge >= 0.3 is 0 Å². The molecule has 1 aliphatic rings. The Morgan fingerprint density at radius 1 is 1.06 bits per heavy atom. The number of nitrogens with zero attached hydrogens (tertiary/aromatic N) is 1. The van der Waals surface area contributed by atoms with Crippen molar-refractivity contribution in [2.24, 2.45) is 5.73 Å². The van der Waals surface area contributed by atoms with Crippen molar-refractivity contribution in [1.82, 2.24) is 4.98 Å². The molecule has 0 atom stereocenters. The van der Waals surface area contributed by atoms with Crippen molar-refractivity contribution in [3.8, 4) is 10.6 Å². The Morgan fingerprint density at radius 3 is 2.61 bits per heavy atom. The first kappa shape index (κ1) is 11.9. The Labute approximate surface area is 112 Å². The molecule has 0 saturated heterocycles. The Balaban J connectivity index is 1.91. The van der Waals surface area contributed by atoms with Gasteiger partial charge in [0.2, 0.25) is 0 Å². The summed E-state index contributed by atoms with van der Waals surface area (Å²) in [6.45, 7) is 0.606. The summed E-state index contributed by atoms with van der Waals surface area (Å²) in [6.07, 6.45) is 6.34. The third-order valence-corrected chi connectivity index (χ3v) is 4.74. The van der Waals surface area contributed by atoms with Crippen molar-refractivity contribution in [3.05, 3.63) is 40.4 Å². The van der Waals surface area contributed by atoms with Gasteiger partial charge in [0.1, 0.15) is 5.01 Å². The van der Waals surface area contributed by atoms with Crippen LogP contribution in [0.4, 0.5) is 0 Å². The molecule has 18 heavy (non-hydrogen) atoms. The van der Waals surface area contributed by atoms with E-state index in [1.54, 1.807) is 0 Å². The predicted molar refractivity (Wildman–Crippen MR) is 76.7 cm³/mol. The summed E-state index contributed by atoms with van der Waals surface area (Å²) in [5.74, 6) is 0. The van der Waals surface area contributed by atoms with Crippen LogP contribution >= 0.6 is 11.3 Å². The second-order valence-electron chi connectivity index (χ2n) is 4.85. The van der Waals surface area contributed by atoms with Gasteiger partial charge in [-0.15, -0.1) is 11.3 Å². The molecule has 0 aliphatic heterocycles. The Morgan fingerprint density at radius 2 is 1.83 bits per heavy atom. The highest BCUT2D eigenvalue weighted by molar-refractivity contribution is 7.15. The molecule has 2 nitrogen and oxygen atoms in total. The standard InChI is InChI=1S/C15H18N2S/c16-10-11-6-8-12(9-7-11)15-17-13-4-2-1-3-5-14(13)18-15/h6-9H,1-5,10,16H2. The molecule has 0 bridgehead atoms. The summed E-state index contributed by atoms with van der Waals surface area (Å²) >= 11 is 1.87. The third kappa shape index (κ3) is 2.33. The van der Waals surface area contributed by atoms with Crippen LogP contribution in [-0.4, -0.2) is 4.98 Å². The van der Waals surface area contributed by atoms with Gasteiger partial charge in [0.25, 0.3) is 0 Å². The molecule has 3 heteroatoms. The van der Waals surface area contributed by atoms with Gasteiger partial charge in [-0.1, -0.05) is 30.7 Å². The van der Waals surface area contributed by atoms with Gasteiger partial charge in [-0.05, 0) is 31.2 Å². The van der Waals surface area contributed by atoms with E-state index < -0.39 is 0 Å². The van der Waals surface area contributed by atoms with E-state index in [0.717, 1.165) is 6.42 Å². The van der Waals surface area contributed by atoms with Crippen LogP contribution in [0.15, 0.2) is 24.3 Å². The second kappa shape index (κ2) is 5.21. The minimum Gasteiger partial charge on any atom is -0.326 e. The summed E-state index contributed by atoms with van der Waals surface area (Å²) in [7, 11) is 0. The molecule has 2 aromatic rings. The van der Waals surface area contributed by atoms with Crippen LogP contribution in [-0.2, 0) is 19.4 Å². The fraction of sp³-hybridized carbons (Fsp3) is 0.400. The van der Waals surface area contributed by atoms with Crippen molar-refractivity contribution >= 4 is 11.3 Å². The number of benzene rings is 1. The van der Waals surface area contributed by atoms with Gasteiger partial charge in [-0.2, -0.15) is 0 Å². The molecule has 1 heterocycles. The Hall–Kier alpha value is -1.19. The molecular formula is C15H18N2S. The van der Waals surface area contributed by atoms with Crippen LogP contribution in [0, 0.1) is 0 Å². The number of rotatable bonds is 2. The Bertz CT molecular complexity index is 504. The fourth-order valence-corrected chi connectivity index (χ4v) is 3.59. The summed E-state index contributed by atoms with van der Waals surface area (Å²) in [5.41, 5.74) is 9.37. The van der Waals surface area contributed by atoms with Crippen LogP contribution in [0.2, 0.25) is 0 Å². The average Bonchev–Trinajstić information content (AvgIpc) is 2.70. The van der Waals surface area contributed by atoms with Crippen LogP contribution in [0.5, 0.6) is 0 Å². The Kier molecular flexibility index (Phi) is 3.43. The van der Waals surface area contributed by atoms with Crippen LogP contribution in [0.25, 0.3) is 10.6 Å². The molecule has 2 N–H and O–H groups in total. The smallest absolute Gasteiger partial charge is 0.123 e. The highest BCUT2D eigenvalue weighted by atomic mass is 32.1. The van der Waals surface area contributed by atoms with Gasteiger partial charge in [-0.25, -0.2) is 4.98 Å². The van der Waals surface area contributed by atoms with Gasteiger partial charge in [0.15, 0.2) is 0 Å². The minimum atomic E-state index is 0.606. The van der Waals surface area contributed by atoms with E-state index in [4.69, 9.17) is 10.7 Å². The molecule has 0 amide bonds. The highest BCUT2D eigenvalue weighted by Crippen LogP contribution is 2.32. The molecule has 0 saturated carbocycles. The van der Waals surface area contributed by atoms with E-state index in [1.807, 2.05) is 11.3 Å². The number of hydrogen-bond acceptors (Lipinski definition) is 3. The number of nitrogens with two attached hydrogens (primary N) is 1. The maximum Gasteiger partial charge on any atom is 0.123 e. The topological polar surface area (TPSA) is 38.9 Å². The number of aromatic nitrogens is 1. The maximum atomic E-state index is 5.62. The van der Waals surface area contributed by atoms with Gasteiger partial charge < -0.3 is 5.73 Å². The van der Waals surface area contributed by atoms with Gasteiger partial charge in [0, 0.05) is 17.0 Å². The maximum absolute atomic E-state index is 5.62. The number of hydrogen-bond donors (Lipinski definition) is 1. The lowest BCUT2D eigenvalue weighted by Crippen LogP contribution is -1.95. The second-order valence-corrected chi connectivity index (χ2v) is 5.93. The predicted octanol–water partition coefficient (Wildman–Crippen LogP) is 3.54. The van der Waals surface area contributed by atoms with Crippen LogP contribution in [0.1, 0.15) is 35.4 Å². The summed E-state index contributed by atoms with van der Waals surface area (Å²) < 4.78 is 0. The van der Waals surface area contributed by atoms with Crippen molar-refractivity contribution in [2.75, 3.05) is 0 Å². The summed E-state index contributed by atoms with van der Waals surface area (Å²) in [4.78, 5) is 6.33. The molecular weight excluding hydrogens is 240 g/mol. The molecule has 1 aromatic carbocycles. The monoisotopic (exact) mass is 258 g/mol. The number of thiazole rings is 1. The van der Waals surface area contributed by atoms with Gasteiger partial charge in [0.05, 0.1) is 5.69 Å². The first-order valence-corrected chi connectivity index (χ1v) is 7.46. The lowest BCUT2D eigenvalue weighted by atomic mass is 10.1. The minimum absolute atomic E-state index is 0.606. The lowest BCUT2D eigenvalue weighted by molar-refractivity contribution is 0.709. The van der Waals surface area contributed by atoms with Crippen molar-refractivity contribution in [2.45, 2.75) is 38.6 Å². The highest BCUT2D eigenvalue weighted by Gasteiger charge is 2.14. The molecule has 0 unspecified atom stereocenters.